The lowest BCUT2D eigenvalue weighted by Crippen LogP contribution is -2.40. The molecule has 2 rings (SSSR count). The van der Waals surface area contributed by atoms with E-state index in [0.29, 0.717) is 6.04 Å². The maximum absolute atomic E-state index is 12.6. The highest BCUT2D eigenvalue weighted by Gasteiger charge is 2.29. The number of carbonyl (C=O) groups is 1. The summed E-state index contributed by atoms with van der Waals surface area (Å²) in [7, 11) is 0. The highest BCUT2D eigenvalue weighted by Crippen LogP contribution is 2.34. The van der Waals surface area contributed by atoms with E-state index >= 15 is 0 Å². The first kappa shape index (κ1) is 15.9. The van der Waals surface area contributed by atoms with E-state index in [0.717, 1.165) is 24.1 Å². The van der Waals surface area contributed by atoms with Crippen molar-refractivity contribution in [1.29, 1.82) is 0 Å². The molecule has 0 fully saturated rings. The SMILES string of the molecule is CCCCC[C@@H](C)NC(=O)[C@H]1C[C@H](C)Nc2ccccc21. The van der Waals surface area contributed by atoms with Crippen LogP contribution in [0.5, 0.6) is 0 Å². The Labute approximate surface area is 128 Å². The summed E-state index contributed by atoms with van der Waals surface area (Å²) in [6, 6.07) is 8.77. The third kappa shape index (κ3) is 4.23. The second-order valence-electron chi connectivity index (χ2n) is 6.33. The lowest BCUT2D eigenvalue weighted by Gasteiger charge is -2.31. The molecule has 3 atom stereocenters. The lowest BCUT2D eigenvalue weighted by molar-refractivity contribution is -0.123. The molecule has 0 saturated heterocycles. The van der Waals surface area contributed by atoms with Crippen molar-refractivity contribution in [2.24, 2.45) is 0 Å². The van der Waals surface area contributed by atoms with Crippen molar-refractivity contribution >= 4 is 11.6 Å². The average molecular weight is 288 g/mol. The quantitative estimate of drug-likeness (QED) is 0.775. The van der Waals surface area contributed by atoms with Gasteiger partial charge in [-0.05, 0) is 38.3 Å². The van der Waals surface area contributed by atoms with Gasteiger partial charge in [-0.1, -0.05) is 44.4 Å². The van der Waals surface area contributed by atoms with Gasteiger partial charge in [0.1, 0.15) is 0 Å². The zero-order chi connectivity index (χ0) is 15.2. The van der Waals surface area contributed by atoms with Gasteiger partial charge in [-0.2, -0.15) is 0 Å². The van der Waals surface area contributed by atoms with Crippen molar-refractivity contribution in [3.8, 4) is 0 Å². The van der Waals surface area contributed by atoms with Gasteiger partial charge in [0.05, 0.1) is 5.92 Å². The van der Waals surface area contributed by atoms with E-state index in [9.17, 15) is 4.79 Å². The molecule has 1 aliphatic heterocycles. The molecule has 3 nitrogen and oxygen atoms in total. The molecule has 1 amide bonds. The van der Waals surface area contributed by atoms with Crippen LogP contribution in [0, 0.1) is 0 Å². The molecule has 1 aromatic rings. The van der Waals surface area contributed by atoms with Crippen molar-refractivity contribution < 1.29 is 4.79 Å². The van der Waals surface area contributed by atoms with Gasteiger partial charge in [-0.15, -0.1) is 0 Å². The van der Waals surface area contributed by atoms with Gasteiger partial charge in [-0.25, -0.2) is 0 Å². The third-order valence-corrected chi connectivity index (χ3v) is 4.27. The normalized spacial score (nSPS) is 22.0. The van der Waals surface area contributed by atoms with Crippen molar-refractivity contribution in [2.75, 3.05) is 5.32 Å². The molecule has 21 heavy (non-hydrogen) atoms. The van der Waals surface area contributed by atoms with Crippen LogP contribution in [-0.4, -0.2) is 18.0 Å². The van der Waals surface area contributed by atoms with Crippen LogP contribution in [0.25, 0.3) is 0 Å². The number of rotatable bonds is 6. The standard InChI is InChI=1S/C18H28N2O/c1-4-5-6-9-13(2)20-18(21)16-12-14(3)19-17-11-8-7-10-15(16)17/h7-8,10-11,13-14,16,19H,4-6,9,12H2,1-3H3,(H,20,21)/t13-,14+,16+/m1/s1. The molecule has 0 aromatic heterocycles. The zero-order valence-electron chi connectivity index (χ0n) is 13.5. The summed E-state index contributed by atoms with van der Waals surface area (Å²) in [5, 5.41) is 6.66. The average Bonchev–Trinajstić information content (AvgIpc) is 2.46. The first-order valence-corrected chi connectivity index (χ1v) is 8.27. The van der Waals surface area contributed by atoms with E-state index in [1.807, 2.05) is 12.1 Å². The van der Waals surface area contributed by atoms with Crippen LogP contribution in [0.2, 0.25) is 0 Å². The van der Waals surface area contributed by atoms with Crippen LogP contribution in [0.3, 0.4) is 0 Å². The first-order chi connectivity index (χ1) is 10.1. The maximum Gasteiger partial charge on any atom is 0.227 e. The van der Waals surface area contributed by atoms with E-state index in [1.165, 1.54) is 19.3 Å². The molecule has 1 aromatic carbocycles. The minimum atomic E-state index is -0.0222. The van der Waals surface area contributed by atoms with Crippen molar-refractivity contribution in [3.05, 3.63) is 29.8 Å². The Bertz CT molecular complexity index is 472. The Morgan fingerprint density at radius 3 is 2.90 bits per heavy atom. The van der Waals surface area contributed by atoms with Crippen LogP contribution >= 0.6 is 0 Å². The van der Waals surface area contributed by atoms with Crippen molar-refractivity contribution in [3.63, 3.8) is 0 Å². The van der Waals surface area contributed by atoms with Gasteiger partial charge in [0.25, 0.3) is 0 Å². The maximum atomic E-state index is 12.6. The van der Waals surface area contributed by atoms with Gasteiger partial charge in [0.2, 0.25) is 5.91 Å². The number of fused-ring (bicyclic) bond motifs is 1. The van der Waals surface area contributed by atoms with Crippen LogP contribution in [0.4, 0.5) is 5.69 Å². The van der Waals surface area contributed by atoms with Crippen LogP contribution in [0.15, 0.2) is 24.3 Å². The second-order valence-corrected chi connectivity index (χ2v) is 6.33. The zero-order valence-corrected chi connectivity index (χ0v) is 13.5. The van der Waals surface area contributed by atoms with Gasteiger partial charge in [0.15, 0.2) is 0 Å². The summed E-state index contributed by atoms with van der Waals surface area (Å²) < 4.78 is 0. The number of hydrogen-bond acceptors (Lipinski definition) is 2. The molecule has 0 bridgehead atoms. The summed E-state index contributed by atoms with van der Waals surface area (Å²) >= 11 is 0. The van der Waals surface area contributed by atoms with Gasteiger partial charge in [0, 0.05) is 17.8 Å². The number of benzene rings is 1. The Hall–Kier alpha value is -1.51. The molecule has 3 heteroatoms. The molecule has 0 radical (unpaired) electrons. The molecular formula is C18H28N2O. The van der Waals surface area contributed by atoms with Gasteiger partial charge < -0.3 is 10.6 Å². The summed E-state index contributed by atoms with van der Waals surface area (Å²) in [5.74, 6) is 0.158. The van der Waals surface area contributed by atoms with Crippen LogP contribution in [0.1, 0.15) is 64.4 Å². The van der Waals surface area contributed by atoms with Gasteiger partial charge >= 0.3 is 0 Å². The molecular weight excluding hydrogens is 260 g/mol. The van der Waals surface area contributed by atoms with Gasteiger partial charge in [-0.3, -0.25) is 4.79 Å². The number of carbonyl (C=O) groups excluding carboxylic acids is 1. The topological polar surface area (TPSA) is 41.1 Å². The van der Waals surface area contributed by atoms with E-state index < -0.39 is 0 Å². The number of para-hydroxylation sites is 1. The summed E-state index contributed by atoms with van der Waals surface area (Å²) in [5.41, 5.74) is 2.24. The summed E-state index contributed by atoms with van der Waals surface area (Å²) in [6.45, 7) is 6.46. The monoisotopic (exact) mass is 288 g/mol. The molecule has 1 heterocycles. The molecule has 0 spiro atoms. The molecule has 1 aliphatic rings. The van der Waals surface area contributed by atoms with E-state index in [-0.39, 0.29) is 17.9 Å². The molecule has 0 aliphatic carbocycles. The van der Waals surface area contributed by atoms with Crippen molar-refractivity contribution in [1.82, 2.24) is 5.32 Å². The number of unbranched alkanes of at least 4 members (excludes halogenated alkanes) is 2. The fourth-order valence-corrected chi connectivity index (χ4v) is 3.10. The highest BCUT2D eigenvalue weighted by atomic mass is 16.1. The summed E-state index contributed by atoms with van der Waals surface area (Å²) in [6.07, 6.45) is 5.59. The number of nitrogens with one attached hydrogen (secondary N) is 2. The van der Waals surface area contributed by atoms with E-state index in [2.05, 4.69) is 43.5 Å². The molecule has 0 unspecified atom stereocenters. The molecule has 2 N–H and O–H groups in total. The Kier molecular flexibility index (Phi) is 5.66. The Balaban J connectivity index is 1.99. The smallest absolute Gasteiger partial charge is 0.227 e. The number of anilines is 1. The van der Waals surface area contributed by atoms with Crippen LogP contribution < -0.4 is 10.6 Å². The predicted octanol–water partition coefficient (Wildman–Crippen LogP) is 4.06. The number of hydrogen-bond donors (Lipinski definition) is 2. The third-order valence-electron chi connectivity index (χ3n) is 4.27. The fourth-order valence-electron chi connectivity index (χ4n) is 3.10. The molecule has 116 valence electrons. The minimum absolute atomic E-state index is 0.0222. The minimum Gasteiger partial charge on any atom is -0.382 e. The van der Waals surface area contributed by atoms with E-state index in [4.69, 9.17) is 0 Å². The summed E-state index contributed by atoms with van der Waals surface area (Å²) in [4.78, 5) is 12.6. The highest BCUT2D eigenvalue weighted by molar-refractivity contribution is 5.86. The van der Waals surface area contributed by atoms with E-state index in [1.54, 1.807) is 0 Å². The lowest BCUT2D eigenvalue weighted by atomic mass is 9.86. The fraction of sp³-hybridized carbons (Fsp3) is 0.611. The number of amides is 1. The first-order valence-electron chi connectivity index (χ1n) is 8.27. The largest absolute Gasteiger partial charge is 0.382 e. The van der Waals surface area contributed by atoms with Crippen LogP contribution in [-0.2, 0) is 4.79 Å². The van der Waals surface area contributed by atoms with Crippen molar-refractivity contribution in [2.45, 2.75) is 70.9 Å². The predicted molar refractivity (Wildman–Crippen MR) is 88.6 cm³/mol. The molecule has 0 saturated carbocycles. The Morgan fingerprint density at radius 1 is 1.38 bits per heavy atom. The second kappa shape index (κ2) is 7.48. The Morgan fingerprint density at radius 2 is 2.14 bits per heavy atom.